The van der Waals surface area contributed by atoms with Crippen LogP contribution in [-0.4, -0.2) is 13.9 Å². The van der Waals surface area contributed by atoms with Crippen molar-refractivity contribution in [3.05, 3.63) is 88.5 Å². The van der Waals surface area contributed by atoms with Gasteiger partial charge in [-0.15, -0.1) is 0 Å². The second-order valence-corrected chi connectivity index (χ2v) is 10.6. The van der Waals surface area contributed by atoms with E-state index in [1.807, 2.05) is 0 Å². The molecule has 3 rings (SSSR count). The van der Waals surface area contributed by atoms with Gasteiger partial charge in [0.15, 0.2) is 6.79 Å². The Morgan fingerprint density at radius 2 is 1.62 bits per heavy atom. The highest BCUT2D eigenvalue weighted by atomic mass is 31.1. The third kappa shape index (κ3) is 6.42. The van der Waals surface area contributed by atoms with Crippen LogP contribution >= 0.6 is 8.58 Å². The van der Waals surface area contributed by atoms with Gasteiger partial charge in [-0.05, 0) is 58.5 Å². The third-order valence-corrected chi connectivity index (χ3v) is 7.17. The van der Waals surface area contributed by atoms with Gasteiger partial charge in [-0.1, -0.05) is 83.9 Å². The average molecular weight is 450 g/mol. The second kappa shape index (κ2) is 11.1. The first kappa shape index (κ1) is 24.5. The number of rotatable bonds is 9. The highest BCUT2D eigenvalue weighted by Crippen LogP contribution is 2.31. The highest BCUT2D eigenvalue weighted by Gasteiger charge is 2.20. The summed E-state index contributed by atoms with van der Waals surface area (Å²) < 4.78 is 11.3. The Hall–Kier alpha value is -2.19. The van der Waals surface area contributed by atoms with Crippen LogP contribution in [0.4, 0.5) is 0 Å². The Morgan fingerprint density at radius 3 is 2.31 bits per heavy atom. The van der Waals surface area contributed by atoms with Crippen molar-refractivity contribution in [2.24, 2.45) is 0 Å². The number of ether oxygens (including phenoxy) is 2. The van der Waals surface area contributed by atoms with E-state index in [-0.39, 0.29) is 12.2 Å². The molecule has 0 aliphatic rings. The molecular weight excluding hydrogens is 413 g/mol. The fourth-order valence-corrected chi connectivity index (χ4v) is 5.23. The van der Waals surface area contributed by atoms with Crippen molar-refractivity contribution in [3.63, 3.8) is 0 Å². The van der Waals surface area contributed by atoms with Crippen molar-refractivity contribution in [1.29, 1.82) is 0 Å². The fourth-order valence-electron chi connectivity index (χ4n) is 3.74. The zero-order chi connectivity index (χ0) is 23.1. The summed E-state index contributed by atoms with van der Waals surface area (Å²) in [6, 6.07) is 21.7. The van der Waals surface area contributed by atoms with Crippen LogP contribution in [0.25, 0.3) is 0 Å². The van der Waals surface area contributed by atoms with Crippen LogP contribution in [0.3, 0.4) is 0 Å². The van der Waals surface area contributed by atoms with Gasteiger partial charge in [0.25, 0.3) is 0 Å². The molecule has 3 aromatic rings. The maximum Gasteiger partial charge on any atom is 0.188 e. The summed E-state index contributed by atoms with van der Waals surface area (Å²) in [6.07, 6.45) is 0. The number of nitrogens with one attached hydrogen (secondary N) is 1. The maximum atomic E-state index is 6.04. The van der Waals surface area contributed by atoms with Crippen molar-refractivity contribution >= 4 is 19.2 Å². The van der Waals surface area contributed by atoms with Crippen LogP contribution in [0.1, 0.15) is 48.6 Å². The SMILES string of the molecule is COCOc1c(C)cc(C(C)(C)C)cc1Pc1c(C)cccc1CNCc1ccccc1. The quantitative estimate of drug-likeness (QED) is 0.346. The molecule has 1 atom stereocenters. The van der Waals surface area contributed by atoms with E-state index in [2.05, 4.69) is 101 Å². The van der Waals surface area contributed by atoms with Gasteiger partial charge in [0.2, 0.25) is 0 Å². The van der Waals surface area contributed by atoms with Crippen LogP contribution in [0.2, 0.25) is 0 Å². The van der Waals surface area contributed by atoms with Gasteiger partial charge >= 0.3 is 0 Å². The number of methoxy groups -OCH3 is 1. The molecule has 0 heterocycles. The minimum Gasteiger partial charge on any atom is -0.467 e. The van der Waals surface area contributed by atoms with E-state index in [9.17, 15) is 0 Å². The lowest BCUT2D eigenvalue weighted by Gasteiger charge is -2.24. The summed E-state index contributed by atoms with van der Waals surface area (Å²) in [5.74, 6) is 0.949. The molecule has 1 N–H and O–H groups in total. The Kier molecular flexibility index (Phi) is 8.48. The Bertz CT molecular complexity index is 1030. The normalized spacial score (nSPS) is 11.9. The molecule has 0 fully saturated rings. The van der Waals surface area contributed by atoms with Gasteiger partial charge in [0.05, 0.1) is 0 Å². The summed E-state index contributed by atoms with van der Waals surface area (Å²) in [7, 11) is 2.18. The van der Waals surface area contributed by atoms with Gasteiger partial charge < -0.3 is 14.8 Å². The zero-order valence-corrected chi connectivity index (χ0v) is 21.2. The lowest BCUT2D eigenvalue weighted by Crippen LogP contribution is -2.22. The van der Waals surface area contributed by atoms with Crippen molar-refractivity contribution in [3.8, 4) is 5.75 Å². The molecule has 0 aliphatic carbocycles. The predicted octanol–water partition coefficient (Wildman–Crippen LogP) is 5.50. The lowest BCUT2D eigenvalue weighted by atomic mass is 9.86. The summed E-state index contributed by atoms with van der Waals surface area (Å²) in [4.78, 5) is 0. The minimum atomic E-state index is 0.0789. The van der Waals surface area contributed by atoms with Crippen molar-refractivity contribution < 1.29 is 9.47 Å². The van der Waals surface area contributed by atoms with E-state index in [1.165, 1.54) is 32.9 Å². The van der Waals surface area contributed by atoms with Crippen LogP contribution < -0.4 is 20.7 Å². The van der Waals surface area contributed by atoms with Gasteiger partial charge in [-0.3, -0.25) is 0 Å². The molecule has 0 spiro atoms. The van der Waals surface area contributed by atoms with E-state index in [0.29, 0.717) is 8.58 Å². The molecule has 0 amide bonds. The number of benzene rings is 3. The third-order valence-electron chi connectivity index (χ3n) is 5.57. The van der Waals surface area contributed by atoms with Gasteiger partial charge in [-0.25, -0.2) is 0 Å². The van der Waals surface area contributed by atoms with Crippen molar-refractivity contribution in [2.45, 2.75) is 53.1 Å². The zero-order valence-electron chi connectivity index (χ0n) is 20.2. The average Bonchev–Trinajstić information content (AvgIpc) is 2.75. The summed E-state index contributed by atoms with van der Waals surface area (Å²) in [6.45, 7) is 13.1. The Balaban J connectivity index is 1.90. The molecule has 3 nitrogen and oxygen atoms in total. The molecule has 0 aliphatic heterocycles. The van der Waals surface area contributed by atoms with Crippen LogP contribution in [0.15, 0.2) is 60.7 Å². The van der Waals surface area contributed by atoms with E-state index in [4.69, 9.17) is 9.47 Å². The molecular formula is C28H36NO2P. The summed E-state index contributed by atoms with van der Waals surface area (Å²) in [5, 5.41) is 6.25. The van der Waals surface area contributed by atoms with Gasteiger partial charge in [0.1, 0.15) is 5.75 Å². The fraction of sp³-hybridized carbons (Fsp3) is 0.357. The van der Waals surface area contributed by atoms with Crippen LogP contribution in [0.5, 0.6) is 5.75 Å². The second-order valence-electron chi connectivity index (χ2n) is 9.29. The first-order valence-electron chi connectivity index (χ1n) is 11.2. The molecule has 1 unspecified atom stereocenters. The van der Waals surface area contributed by atoms with Gasteiger partial charge in [0, 0.05) is 25.5 Å². The van der Waals surface area contributed by atoms with E-state index in [1.54, 1.807) is 7.11 Å². The monoisotopic (exact) mass is 449 g/mol. The van der Waals surface area contributed by atoms with Crippen LogP contribution in [0, 0.1) is 13.8 Å². The smallest absolute Gasteiger partial charge is 0.188 e. The highest BCUT2D eigenvalue weighted by molar-refractivity contribution is 7.56. The number of hydrogen-bond donors (Lipinski definition) is 1. The topological polar surface area (TPSA) is 30.5 Å². The molecule has 32 heavy (non-hydrogen) atoms. The molecule has 0 aromatic heterocycles. The molecule has 3 aromatic carbocycles. The molecule has 0 saturated carbocycles. The maximum absolute atomic E-state index is 6.04. The van der Waals surface area contributed by atoms with Crippen molar-refractivity contribution in [1.82, 2.24) is 5.32 Å². The lowest BCUT2D eigenvalue weighted by molar-refractivity contribution is 0.0514. The van der Waals surface area contributed by atoms with E-state index in [0.717, 1.165) is 24.4 Å². The van der Waals surface area contributed by atoms with E-state index >= 15 is 0 Å². The van der Waals surface area contributed by atoms with Gasteiger partial charge in [-0.2, -0.15) is 0 Å². The number of aryl methyl sites for hydroxylation is 2. The largest absolute Gasteiger partial charge is 0.467 e. The first-order chi connectivity index (χ1) is 15.3. The van der Waals surface area contributed by atoms with Crippen LogP contribution in [-0.2, 0) is 23.2 Å². The first-order valence-corrected chi connectivity index (χ1v) is 12.2. The summed E-state index contributed by atoms with van der Waals surface area (Å²) in [5.41, 5.74) is 6.53. The molecule has 0 radical (unpaired) electrons. The van der Waals surface area contributed by atoms with Crippen molar-refractivity contribution in [2.75, 3.05) is 13.9 Å². The molecule has 0 bridgehead atoms. The minimum absolute atomic E-state index is 0.0789. The Morgan fingerprint density at radius 1 is 0.875 bits per heavy atom. The predicted molar refractivity (Wildman–Crippen MR) is 138 cm³/mol. The molecule has 4 heteroatoms. The van der Waals surface area contributed by atoms with E-state index < -0.39 is 0 Å². The Labute approximate surface area is 195 Å². The number of hydrogen-bond acceptors (Lipinski definition) is 3. The molecule has 170 valence electrons. The summed E-state index contributed by atoms with van der Waals surface area (Å²) >= 11 is 0. The standard InChI is InChI=1S/C28H36NO2P/c1-20-11-10-14-23(18-29-17-22-12-8-7-9-13-22)27(20)32-25-16-24(28(3,4)5)15-21(2)26(25)31-19-30-6/h7-16,29,32H,17-19H2,1-6H3. The molecule has 0 saturated heterocycles.